The number of rotatable bonds is 5. The zero-order chi connectivity index (χ0) is 36.1. The van der Waals surface area contributed by atoms with Gasteiger partial charge in [0.2, 0.25) is 5.88 Å². The highest BCUT2D eigenvalue weighted by Gasteiger charge is 2.50. The second kappa shape index (κ2) is 11.9. The fourth-order valence-electron chi connectivity index (χ4n) is 9.38. The van der Waals surface area contributed by atoms with Crippen molar-refractivity contribution in [3.63, 3.8) is 0 Å². The number of ether oxygens (including phenoxy) is 3. The first-order valence-corrected chi connectivity index (χ1v) is 18.1. The maximum atomic E-state index is 17.6. The summed E-state index contributed by atoms with van der Waals surface area (Å²) in [5.74, 6) is -0.111. The van der Waals surface area contributed by atoms with Crippen molar-refractivity contribution in [2.24, 2.45) is 0 Å². The Labute approximate surface area is 299 Å². The number of benzene rings is 2. The molecule has 1 amide bonds. The van der Waals surface area contributed by atoms with Gasteiger partial charge in [-0.3, -0.25) is 4.90 Å². The summed E-state index contributed by atoms with van der Waals surface area (Å²) < 4.78 is 56.1. The molecule has 4 atom stereocenters. The molecule has 4 aromatic rings. The average Bonchev–Trinajstić information content (AvgIpc) is 3.90. The molecule has 12 nitrogen and oxygen atoms in total. The van der Waals surface area contributed by atoms with Gasteiger partial charge in [0, 0.05) is 49.1 Å². The summed E-state index contributed by atoms with van der Waals surface area (Å²) in [6.07, 6.45) is 2.43. The van der Waals surface area contributed by atoms with Gasteiger partial charge in [-0.2, -0.15) is 15.2 Å². The molecular formula is C38H41F2N7O5. The predicted molar refractivity (Wildman–Crippen MR) is 188 cm³/mol. The van der Waals surface area contributed by atoms with Gasteiger partial charge in [0.05, 0.1) is 24.1 Å². The standard InChI is InChI=1S/C38H41F2N7O5/c1-37(2,3)52-36(48)45-15-21-8-9-22(16-45)47(21)34-30-26-18-49-17-25(26)29(23-6-4-7-27-28(23)24(13-41)33(42)51-27)31(40)32(30)43-35(44-34)50-19-38-10-5-11-46(38)14-20(39)12-38/h4,6-7,20-22H,5,8-12,14-19,42H2,1-3H3/t20-,21?,22?,38+/m1/s1. The van der Waals surface area contributed by atoms with E-state index in [1.165, 1.54) is 0 Å². The summed E-state index contributed by atoms with van der Waals surface area (Å²) in [6, 6.07) is 7.10. The predicted octanol–water partition coefficient (Wildman–Crippen LogP) is 6.21. The molecule has 9 rings (SSSR count). The number of hydrogen-bond donors (Lipinski definition) is 1. The maximum Gasteiger partial charge on any atom is 0.410 e. The van der Waals surface area contributed by atoms with Crippen LogP contribution in [0.2, 0.25) is 0 Å². The van der Waals surface area contributed by atoms with Crippen molar-refractivity contribution in [1.29, 1.82) is 5.26 Å². The molecule has 0 spiro atoms. The second-order valence-corrected chi connectivity index (χ2v) is 15.9. The van der Waals surface area contributed by atoms with Gasteiger partial charge in [-0.25, -0.2) is 13.6 Å². The Balaban J connectivity index is 1.20. The largest absolute Gasteiger partial charge is 0.461 e. The van der Waals surface area contributed by atoms with Gasteiger partial charge >= 0.3 is 12.1 Å². The number of hydrogen-bond acceptors (Lipinski definition) is 11. The van der Waals surface area contributed by atoms with Crippen molar-refractivity contribution in [1.82, 2.24) is 19.8 Å². The molecule has 0 saturated carbocycles. The van der Waals surface area contributed by atoms with E-state index < -0.39 is 23.1 Å². The maximum absolute atomic E-state index is 17.6. The van der Waals surface area contributed by atoms with Crippen LogP contribution in [0.4, 0.5) is 25.3 Å². The highest BCUT2D eigenvalue weighted by Crippen LogP contribution is 2.48. The van der Waals surface area contributed by atoms with Gasteiger partial charge in [0.25, 0.3) is 0 Å². The zero-order valence-electron chi connectivity index (χ0n) is 29.5. The van der Waals surface area contributed by atoms with Crippen molar-refractivity contribution in [2.75, 3.05) is 43.4 Å². The third kappa shape index (κ3) is 5.15. The first-order chi connectivity index (χ1) is 24.9. The number of nitrogen functional groups attached to an aromatic ring is 1. The minimum Gasteiger partial charge on any atom is -0.461 e. The Morgan fingerprint density at radius 2 is 1.90 bits per heavy atom. The third-order valence-electron chi connectivity index (χ3n) is 11.5. The monoisotopic (exact) mass is 713 g/mol. The lowest BCUT2D eigenvalue weighted by Gasteiger charge is -2.42. The Morgan fingerprint density at radius 1 is 1.13 bits per heavy atom. The van der Waals surface area contributed by atoms with Crippen LogP contribution in [0, 0.1) is 17.1 Å². The summed E-state index contributed by atoms with van der Waals surface area (Å²) in [5.41, 5.74) is 7.66. The Bertz CT molecular complexity index is 2170. The van der Waals surface area contributed by atoms with E-state index in [2.05, 4.69) is 15.9 Å². The number of nitriles is 1. The quantitative estimate of drug-likeness (QED) is 0.252. The molecule has 52 heavy (non-hydrogen) atoms. The number of amides is 1. The van der Waals surface area contributed by atoms with E-state index in [4.69, 9.17) is 34.3 Å². The van der Waals surface area contributed by atoms with Crippen LogP contribution in [-0.2, 0) is 22.7 Å². The lowest BCUT2D eigenvalue weighted by Crippen LogP contribution is -2.56. The van der Waals surface area contributed by atoms with Crippen LogP contribution in [0.3, 0.4) is 0 Å². The summed E-state index contributed by atoms with van der Waals surface area (Å²) in [6.45, 7) is 8.09. The van der Waals surface area contributed by atoms with Crippen LogP contribution in [0.1, 0.15) is 69.6 Å². The Morgan fingerprint density at radius 3 is 2.65 bits per heavy atom. The van der Waals surface area contributed by atoms with E-state index in [1.807, 2.05) is 20.8 Å². The highest BCUT2D eigenvalue weighted by molar-refractivity contribution is 6.05. The number of alkyl halides is 1. The number of nitrogens with two attached hydrogens (primary N) is 1. The molecule has 2 aromatic heterocycles. The van der Waals surface area contributed by atoms with Crippen molar-refractivity contribution < 1.29 is 32.2 Å². The molecule has 4 fully saturated rings. The third-order valence-corrected chi connectivity index (χ3v) is 11.5. The topological polar surface area (TPSA) is 143 Å². The Kier molecular flexibility index (Phi) is 7.58. The van der Waals surface area contributed by atoms with E-state index in [0.717, 1.165) is 37.8 Å². The van der Waals surface area contributed by atoms with Crippen LogP contribution < -0.4 is 15.4 Å². The number of carbonyl (C=O) groups excluding carboxylic acids is 1. The van der Waals surface area contributed by atoms with Gasteiger partial charge in [-0.1, -0.05) is 12.1 Å². The molecule has 2 aromatic carbocycles. The van der Waals surface area contributed by atoms with Crippen molar-refractivity contribution >= 4 is 39.7 Å². The zero-order valence-corrected chi connectivity index (χ0v) is 29.5. The normalized spacial score (nSPS) is 25.6. The van der Waals surface area contributed by atoms with Gasteiger partial charge in [0.1, 0.15) is 46.9 Å². The van der Waals surface area contributed by atoms with Crippen LogP contribution >= 0.6 is 0 Å². The number of fused-ring (bicyclic) bond motifs is 7. The van der Waals surface area contributed by atoms with Gasteiger partial charge < -0.3 is 34.2 Å². The van der Waals surface area contributed by atoms with Crippen LogP contribution in [0.25, 0.3) is 33.0 Å². The SMILES string of the molecule is CC(C)(C)OC(=O)N1CC2CCC(C1)N2c1nc(OC[C@@]23CCCN2C[C@H](F)C3)nc2c(F)c(-c3cccc4oc(N)c(C#N)c34)c3c(c12)COC3. The summed E-state index contributed by atoms with van der Waals surface area (Å²) in [4.78, 5) is 29.1. The van der Waals surface area contributed by atoms with Crippen LogP contribution in [0.15, 0.2) is 22.6 Å². The molecule has 0 radical (unpaired) electrons. The first kappa shape index (κ1) is 33.1. The molecule has 4 saturated heterocycles. The number of carbonyl (C=O) groups is 1. The number of halogens is 2. The molecule has 7 heterocycles. The molecule has 14 heteroatoms. The number of anilines is 2. The van der Waals surface area contributed by atoms with Gasteiger partial charge in [-0.15, -0.1) is 0 Å². The van der Waals surface area contributed by atoms with Crippen molar-refractivity contribution in [3.05, 3.63) is 40.7 Å². The minimum atomic E-state index is -0.936. The van der Waals surface area contributed by atoms with E-state index >= 15 is 4.39 Å². The first-order valence-electron chi connectivity index (χ1n) is 18.1. The van der Waals surface area contributed by atoms with E-state index in [1.54, 1.807) is 23.1 Å². The molecule has 5 aliphatic rings. The molecular weight excluding hydrogens is 672 g/mol. The summed E-state index contributed by atoms with van der Waals surface area (Å²) >= 11 is 0. The van der Waals surface area contributed by atoms with E-state index in [9.17, 15) is 14.4 Å². The average molecular weight is 714 g/mol. The van der Waals surface area contributed by atoms with Crippen molar-refractivity contribution in [2.45, 2.75) is 95.5 Å². The summed E-state index contributed by atoms with van der Waals surface area (Å²) in [5, 5.41) is 11.0. The van der Waals surface area contributed by atoms with Gasteiger partial charge in [-0.05, 0) is 75.8 Å². The Hall–Kier alpha value is -4.74. The second-order valence-electron chi connectivity index (χ2n) is 15.9. The number of likely N-dealkylation sites (tertiary alicyclic amines) is 1. The van der Waals surface area contributed by atoms with Crippen LogP contribution in [0.5, 0.6) is 6.01 Å². The molecule has 5 aliphatic heterocycles. The lowest BCUT2D eigenvalue weighted by atomic mass is 9.90. The number of nitrogens with zero attached hydrogens (tertiary/aromatic N) is 6. The van der Waals surface area contributed by atoms with Crippen LogP contribution in [-0.4, -0.2) is 88.0 Å². The minimum absolute atomic E-state index is 0.00667. The highest BCUT2D eigenvalue weighted by atomic mass is 19.1. The number of piperazine rings is 1. The van der Waals surface area contributed by atoms with Crippen molar-refractivity contribution in [3.8, 4) is 23.2 Å². The lowest BCUT2D eigenvalue weighted by molar-refractivity contribution is 0.0209. The molecule has 2 unspecified atom stereocenters. The molecule has 272 valence electrons. The van der Waals surface area contributed by atoms with E-state index in [0.29, 0.717) is 59.4 Å². The molecule has 0 aliphatic carbocycles. The number of furan rings is 1. The molecule has 2 N–H and O–H groups in total. The smallest absolute Gasteiger partial charge is 0.410 e. The molecule has 2 bridgehead atoms. The van der Waals surface area contributed by atoms with E-state index in [-0.39, 0.29) is 66.5 Å². The fourth-order valence-corrected chi connectivity index (χ4v) is 9.38. The summed E-state index contributed by atoms with van der Waals surface area (Å²) in [7, 11) is 0. The number of aromatic nitrogens is 2. The van der Waals surface area contributed by atoms with Gasteiger partial charge in [0.15, 0.2) is 5.82 Å². The fraction of sp³-hybridized carbons (Fsp3) is 0.526.